The van der Waals surface area contributed by atoms with Crippen molar-refractivity contribution in [3.05, 3.63) is 48.7 Å². The number of benzene rings is 1. The summed E-state index contributed by atoms with van der Waals surface area (Å²) >= 11 is 0. The number of hydrogen-bond donors (Lipinski definition) is 0. The van der Waals surface area contributed by atoms with E-state index in [0.29, 0.717) is 12.3 Å². The van der Waals surface area contributed by atoms with Crippen molar-refractivity contribution in [3.8, 4) is 5.75 Å². The predicted molar refractivity (Wildman–Crippen MR) is 107 cm³/mol. The van der Waals surface area contributed by atoms with Gasteiger partial charge in [0.15, 0.2) is 0 Å². The lowest BCUT2D eigenvalue weighted by molar-refractivity contribution is -0.123. The zero-order chi connectivity index (χ0) is 19.5. The summed E-state index contributed by atoms with van der Waals surface area (Å²) in [4.78, 5) is 35.6. The van der Waals surface area contributed by atoms with E-state index in [1.807, 2.05) is 25.1 Å². The normalized spacial score (nSPS) is 20.7. The molecule has 28 heavy (non-hydrogen) atoms. The average molecular weight is 380 g/mol. The molecule has 0 aliphatic carbocycles. The Bertz CT molecular complexity index is 832. The van der Waals surface area contributed by atoms with E-state index in [2.05, 4.69) is 14.8 Å². The number of rotatable bonds is 5. The van der Waals surface area contributed by atoms with Crippen molar-refractivity contribution in [2.45, 2.75) is 19.4 Å². The standard InChI is InChI=1S/C21H24N4O3/c1-2-28-17-8-6-16(7-9-17)25-20(26)15-18(21(25)27)23-11-13-24(14-12-23)19-5-3-4-10-22-19/h3-10,18H,2,11-15H2,1H3/t18-/m1/s1. The van der Waals surface area contributed by atoms with Gasteiger partial charge in [0, 0.05) is 32.4 Å². The molecular formula is C21H24N4O3. The van der Waals surface area contributed by atoms with Crippen molar-refractivity contribution in [1.29, 1.82) is 0 Å². The lowest BCUT2D eigenvalue weighted by atomic mass is 10.1. The lowest BCUT2D eigenvalue weighted by Crippen LogP contribution is -2.52. The molecule has 3 heterocycles. The number of imide groups is 1. The fourth-order valence-electron chi connectivity index (χ4n) is 3.83. The number of carbonyl (C=O) groups excluding carboxylic acids is 2. The number of amides is 2. The van der Waals surface area contributed by atoms with Crippen LogP contribution in [-0.4, -0.2) is 60.5 Å². The molecule has 2 fully saturated rings. The fraction of sp³-hybridized carbons (Fsp3) is 0.381. The van der Waals surface area contributed by atoms with Gasteiger partial charge in [0.1, 0.15) is 11.6 Å². The van der Waals surface area contributed by atoms with Crippen LogP contribution < -0.4 is 14.5 Å². The third-order valence-electron chi connectivity index (χ3n) is 5.26. The number of ether oxygens (including phenoxy) is 1. The highest BCUT2D eigenvalue weighted by atomic mass is 16.5. The van der Waals surface area contributed by atoms with E-state index < -0.39 is 0 Å². The molecule has 2 aliphatic rings. The molecule has 4 rings (SSSR count). The molecule has 1 aromatic carbocycles. The highest BCUT2D eigenvalue weighted by Crippen LogP contribution is 2.28. The van der Waals surface area contributed by atoms with Gasteiger partial charge in [0.05, 0.1) is 24.8 Å². The topological polar surface area (TPSA) is 66.0 Å². The minimum atomic E-state index is -0.384. The summed E-state index contributed by atoms with van der Waals surface area (Å²) < 4.78 is 5.43. The predicted octanol–water partition coefficient (Wildman–Crippen LogP) is 1.93. The maximum atomic E-state index is 13.0. The largest absolute Gasteiger partial charge is 0.494 e. The third-order valence-corrected chi connectivity index (χ3v) is 5.26. The van der Waals surface area contributed by atoms with E-state index in [1.165, 1.54) is 4.90 Å². The zero-order valence-corrected chi connectivity index (χ0v) is 16.0. The first kappa shape index (κ1) is 18.4. The van der Waals surface area contributed by atoms with Gasteiger partial charge in [-0.1, -0.05) is 6.07 Å². The van der Waals surface area contributed by atoms with Gasteiger partial charge in [-0.05, 0) is 43.3 Å². The van der Waals surface area contributed by atoms with E-state index in [1.54, 1.807) is 30.5 Å². The summed E-state index contributed by atoms with van der Waals surface area (Å²) in [6.45, 7) is 5.54. The van der Waals surface area contributed by atoms with E-state index >= 15 is 0 Å². The molecule has 0 saturated carbocycles. The summed E-state index contributed by atoms with van der Waals surface area (Å²) in [6.07, 6.45) is 2.02. The molecule has 2 aliphatic heterocycles. The Morgan fingerprint density at radius 1 is 1.04 bits per heavy atom. The molecule has 7 heteroatoms. The second kappa shape index (κ2) is 7.98. The maximum absolute atomic E-state index is 13.0. The maximum Gasteiger partial charge on any atom is 0.251 e. The second-order valence-electron chi connectivity index (χ2n) is 6.93. The monoisotopic (exact) mass is 380 g/mol. The molecule has 2 saturated heterocycles. The Kier molecular flexibility index (Phi) is 5.25. The Labute approximate surface area is 164 Å². The van der Waals surface area contributed by atoms with E-state index in [9.17, 15) is 9.59 Å². The Balaban J connectivity index is 1.41. The SMILES string of the molecule is CCOc1ccc(N2C(=O)C[C@@H](N3CCN(c4ccccn4)CC3)C2=O)cc1. The van der Waals surface area contributed by atoms with Crippen LogP contribution in [0.1, 0.15) is 13.3 Å². The van der Waals surface area contributed by atoms with Crippen molar-refractivity contribution in [2.24, 2.45) is 0 Å². The number of aromatic nitrogens is 1. The second-order valence-corrected chi connectivity index (χ2v) is 6.93. The number of nitrogens with zero attached hydrogens (tertiary/aromatic N) is 4. The first-order chi connectivity index (χ1) is 13.7. The Morgan fingerprint density at radius 3 is 2.43 bits per heavy atom. The summed E-state index contributed by atoms with van der Waals surface area (Å²) in [5, 5.41) is 0. The first-order valence-electron chi connectivity index (χ1n) is 9.67. The molecule has 0 unspecified atom stereocenters. The molecule has 2 aromatic rings. The van der Waals surface area contributed by atoms with Gasteiger partial charge in [0.2, 0.25) is 5.91 Å². The highest BCUT2D eigenvalue weighted by Gasteiger charge is 2.43. The first-order valence-corrected chi connectivity index (χ1v) is 9.67. The number of carbonyl (C=O) groups is 2. The van der Waals surface area contributed by atoms with Crippen LogP contribution in [0.15, 0.2) is 48.7 Å². The highest BCUT2D eigenvalue weighted by molar-refractivity contribution is 6.22. The van der Waals surface area contributed by atoms with E-state index in [0.717, 1.165) is 37.7 Å². The van der Waals surface area contributed by atoms with Gasteiger partial charge >= 0.3 is 0 Å². The minimum absolute atomic E-state index is 0.138. The van der Waals surface area contributed by atoms with Crippen molar-refractivity contribution >= 4 is 23.3 Å². The Hall–Kier alpha value is -2.93. The molecule has 146 valence electrons. The van der Waals surface area contributed by atoms with Crippen molar-refractivity contribution < 1.29 is 14.3 Å². The third kappa shape index (κ3) is 3.57. The summed E-state index contributed by atoms with van der Waals surface area (Å²) in [7, 11) is 0. The van der Waals surface area contributed by atoms with Crippen LogP contribution in [0.2, 0.25) is 0 Å². The molecule has 0 bridgehead atoms. The summed E-state index contributed by atoms with van der Waals surface area (Å²) in [5.41, 5.74) is 0.605. The molecule has 0 N–H and O–H groups in total. The molecular weight excluding hydrogens is 356 g/mol. The average Bonchev–Trinajstić information content (AvgIpc) is 3.04. The van der Waals surface area contributed by atoms with Crippen molar-refractivity contribution in [2.75, 3.05) is 42.6 Å². The van der Waals surface area contributed by atoms with Crippen LogP contribution >= 0.6 is 0 Å². The van der Waals surface area contributed by atoms with Gasteiger partial charge in [-0.15, -0.1) is 0 Å². The quantitative estimate of drug-likeness (QED) is 0.739. The van der Waals surface area contributed by atoms with Crippen LogP contribution in [0.3, 0.4) is 0 Å². The van der Waals surface area contributed by atoms with Crippen LogP contribution in [0.25, 0.3) is 0 Å². The van der Waals surface area contributed by atoms with Gasteiger partial charge in [-0.25, -0.2) is 9.88 Å². The number of hydrogen-bond acceptors (Lipinski definition) is 6. The summed E-state index contributed by atoms with van der Waals surface area (Å²) in [6, 6.07) is 12.6. The van der Waals surface area contributed by atoms with Crippen molar-refractivity contribution in [3.63, 3.8) is 0 Å². The van der Waals surface area contributed by atoms with Crippen LogP contribution in [0.5, 0.6) is 5.75 Å². The van der Waals surface area contributed by atoms with Crippen molar-refractivity contribution in [1.82, 2.24) is 9.88 Å². The van der Waals surface area contributed by atoms with Crippen LogP contribution in [-0.2, 0) is 9.59 Å². The fourth-order valence-corrected chi connectivity index (χ4v) is 3.83. The minimum Gasteiger partial charge on any atom is -0.494 e. The number of anilines is 2. The molecule has 0 radical (unpaired) electrons. The lowest BCUT2D eigenvalue weighted by Gasteiger charge is -2.37. The molecule has 7 nitrogen and oxygen atoms in total. The summed E-state index contributed by atoms with van der Waals surface area (Å²) in [5.74, 6) is 1.39. The van der Waals surface area contributed by atoms with Gasteiger partial charge in [-0.3, -0.25) is 14.5 Å². The van der Waals surface area contributed by atoms with E-state index in [4.69, 9.17) is 4.74 Å². The smallest absolute Gasteiger partial charge is 0.251 e. The van der Waals surface area contributed by atoms with Crippen LogP contribution in [0.4, 0.5) is 11.5 Å². The van der Waals surface area contributed by atoms with Gasteiger partial charge in [0.25, 0.3) is 5.91 Å². The van der Waals surface area contributed by atoms with Gasteiger partial charge in [-0.2, -0.15) is 0 Å². The van der Waals surface area contributed by atoms with E-state index in [-0.39, 0.29) is 24.3 Å². The zero-order valence-electron chi connectivity index (χ0n) is 16.0. The van der Waals surface area contributed by atoms with Gasteiger partial charge < -0.3 is 9.64 Å². The van der Waals surface area contributed by atoms with Crippen LogP contribution in [0, 0.1) is 0 Å². The molecule has 2 amide bonds. The molecule has 1 atom stereocenters. The number of piperazine rings is 1. The number of pyridine rings is 1. The Morgan fingerprint density at radius 2 is 1.79 bits per heavy atom. The molecule has 1 aromatic heterocycles. The molecule has 0 spiro atoms.